The van der Waals surface area contributed by atoms with Crippen molar-refractivity contribution in [3.63, 3.8) is 0 Å². The Labute approximate surface area is 113 Å². The smallest absolute Gasteiger partial charge is 0.238 e. The Morgan fingerprint density at radius 2 is 2.00 bits per heavy atom. The second-order valence-electron chi connectivity index (χ2n) is 3.99. The van der Waals surface area contributed by atoms with E-state index >= 15 is 0 Å². The van der Waals surface area contributed by atoms with E-state index < -0.39 is 9.84 Å². The highest BCUT2D eigenvalue weighted by Gasteiger charge is 2.14. The number of para-hydroxylation sites is 1. The van der Waals surface area contributed by atoms with Crippen LogP contribution in [0.2, 0.25) is 0 Å². The van der Waals surface area contributed by atoms with E-state index in [-0.39, 0.29) is 17.3 Å². The van der Waals surface area contributed by atoms with Gasteiger partial charge < -0.3 is 15.4 Å². The van der Waals surface area contributed by atoms with Gasteiger partial charge in [-0.2, -0.15) is 0 Å². The van der Waals surface area contributed by atoms with Crippen LogP contribution in [0.5, 0.6) is 0 Å². The maximum Gasteiger partial charge on any atom is 0.238 e. The molecule has 0 bridgehead atoms. The van der Waals surface area contributed by atoms with Crippen LogP contribution in [0.1, 0.15) is 0 Å². The maximum absolute atomic E-state index is 11.6. The largest absolute Gasteiger partial charge is 0.383 e. The predicted octanol–water partition coefficient (Wildman–Crippen LogP) is 0.265. The van der Waals surface area contributed by atoms with Crippen LogP contribution in [0, 0.1) is 0 Å². The lowest BCUT2D eigenvalue weighted by molar-refractivity contribution is -0.115. The molecule has 0 atom stereocenters. The number of carbonyl (C=O) groups excluding carboxylic acids is 1. The molecule has 0 unspecified atom stereocenters. The molecule has 0 saturated carbocycles. The van der Waals surface area contributed by atoms with E-state index in [1.165, 1.54) is 6.07 Å². The fourth-order valence-electron chi connectivity index (χ4n) is 1.46. The van der Waals surface area contributed by atoms with Crippen molar-refractivity contribution in [2.75, 3.05) is 38.4 Å². The summed E-state index contributed by atoms with van der Waals surface area (Å²) in [5.74, 6) is -0.299. The van der Waals surface area contributed by atoms with E-state index in [0.29, 0.717) is 18.8 Å². The molecule has 1 rings (SSSR count). The molecule has 19 heavy (non-hydrogen) atoms. The number of sulfone groups is 1. The molecular formula is C12H18N2O4S. The maximum atomic E-state index is 11.6. The van der Waals surface area contributed by atoms with Gasteiger partial charge in [-0.3, -0.25) is 4.79 Å². The van der Waals surface area contributed by atoms with Crippen molar-refractivity contribution in [2.24, 2.45) is 0 Å². The summed E-state index contributed by atoms with van der Waals surface area (Å²) in [6.07, 6.45) is 1.11. The number of anilines is 1. The molecule has 1 aromatic rings. The van der Waals surface area contributed by atoms with Gasteiger partial charge >= 0.3 is 0 Å². The van der Waals surface area contributed by atoms with Crippen LogP contribution in [0.15, 0.2) is 29.2 Å². The second-order valence-corrected chi connectivity index (χ2v) is 5.97. The summed E-state index contributed by atoms with van der Waals surface area (Å²) in [5.41, 5.74) is 0.295. The van der Waals surface area contributed by atoms with Crippen molar-refractivity contribution in [2.45, 2.75) is 4.90 Å². The summed E-state index contributed by atoms with van der Waals surface area (Å²) in [5, 5.41) is 5.45. The van der Waals surface area contributed by atoms with E-state index in [1.54, 1.807) is 25.3 Å². The first-order valence-corrected chi connectivity index (χ1v) is 7.63. The minimum Gasteiger partial charge on any atom is -0.383 e. The summed E-state index contributed by atoms with van der Waals surface area (Å²) >= 11 is 0. The van der Waals surface area contributed by atoms with Gasteiger partial charge in [-0.1, -0.05) is 12.1 Å². The number of hydrogen-bond donors (Lipinski definition) is 2. The number of benzene rings is 1. The van der Waals surface area contributed by atoms with Crippen molar-refractivity contribution in [1.29, 1.82) is 0 Å². The number of rotatable bonds is 7. The molecular weight excluding hydrogens is 268 g/mol. The minimum atomic E-state index is -3.36. The van der Waals surface area contributed by atoms with Crippen LogP contribution in [0.4, 0.5) is 5.69 Å². The van der Waals surface area contributed by atoms with Gasteiger partial charge in [-0.25, -0.2) is 8.42 Å². The van der Waals surface area contributed by atoms with Gasteiger partial charge in [0.1, 0.15) is 0 Å². The second kappa shape index (κ2) is 7.22. The van der Waals surface area contributed by atoms with Crippen LogP contribution < -0.4 is 10.6 Å². The Bertz CT molecular complexity index is 528. The third kappa shape index (κ3) is 5.37. The fourth-order valence-corrected chi connectivity index (χ4v) is 2.31. The highest BCUT2D eigenvalue weighted by atomic mass is 32.2. The van der Waals surface area contributed by atoms with Crippen molar-refractivity contribution in [1.82, 2.24) is 5.32 Å². The quantitative estimate of drug-likeness (QED) is 0.703. The van der Waals surface area contributed by atoms with E-state index in [9.17, 15) is 13.2 Å². The molecule has 7 heteroatoms. The first kappa shape index (κ1) is 15.6. The first-order valence-electron chi connectivity index (χ1n) is 5.73. The monoisotopic (exact) mass is 286 g/mol. The number of ether oxygens (including phenoxy) is 1. The molecule has 0 radical (unpaired) electrons. The number of carbonyl (C=O) groups is 1. The van der Waals surface area contributed by atoms with Crippen LogP contribution in [0.25, 0.3) is 0 Å². The normalized spacial score (nSPS) is 11.3. The summed E-state index contributed by atoms with van der Waals surface area (Å²) in [4.78, 5) is 11.8. The Morgan fingerprint density at radius 3 is 2.63 bits per heavy atom. The Morgan fingerprint density at radius 1 is 1.32 bits per heavy atom. The number of methoxy groups -OCH3 is 1. The summed E-state index contributed by atoms with van der Waals surface area (Å²) in [6.45, 7) is 1.16. The van der Waals surface area contributed by atoms with E-state index in [1.807, 2.05) is 0 Å². The number of nitrogens with one attached hydrogen (secondary N) is 2. The zero-order valence-electron chi connectivity index (χ0n) is 11.0. The Kier molecular flexibility index (Phi) is 5.94. The standard InChI is InChI=1S/C12H18N2O4S/c1-18-8-7-13-9-12(15)14-10-5-3-4-6-11(10)19(2,16)17/h3-6,13H,7-9H2,1-2H3,(H,14,15). The lowest BCUT2D eigenvalue weighted by Gasteiger charge is -2.10. The van der Waals surface area contributed by atoms with Crippen LogP contribution in [-0.4, -0.2) is 47.4 Å². The first-order chi connectivity index (χ1) is 8.95. The topological polar surface area (TPSA) is 84.5 Å². The molecule has 0 aromatic heterocycles. The van der Waals surface area contributed by atoms with Crippen molar-refractivity contribution < 1.29 is 17.9 Å². The number of amides is 1. The van der Waals surface area contributed by atoms with Gasteiger partial charge in [0, 0.05) is 19.9 Å². The average Bonchev–Trinajstić information content (AvgIpc) is 2.34. The molecule has 1 amide bonds. The van der Waals surface area contributed by atoms with Crippen LogP contribution >= 0.6 is 0 Å². The van der Waals surface area contributed by atoms with Gasteiger partial charge in [-0.05, 0) is 12.1 Å². The molecule has 106 valence electrons. The van der Waals surface area contributed by atoms with Crippen molar-refractivity contribution in [3.8, 4) is 0 Å². The predicted molar refractivity (Wildman–Crippen MR) is 72.9 cm³/mol. The van der Waals surface area contributed by atoms with E-state index in [2.05, 4.69) is 10.6 Å². The molecule has 0 aliphatic rings. The molecule has 6 nitrogen and oxygen atoms in total. The summed E-state index contributed by atoms with van der Waals surface area (Å²) < 4.78 is 27.9. The fraction of sp³-hybridized carbons (Fsp3) is 0.417. The van der Waals surface area contributed by atoms with Gasteiger partial charge in [0.05, 0.1) is 23.7 Å². The molecule has 0 spiro atoms. The Hall–Kier alpha value is -1.44. The summed E-state index contributed by atoms with van der Waals surface area (Å²) in [6, 6.07) is 6.30. The lowest BCUT2D eigenvalue weighted by atomic mass is 10.3. The van der Waals surface area contributed by atoms with Crippen molar-refractivity contribution >= 4 is 21.4 Å². The van der Waals surface area contributed by atoms with Crippen LogP contribution in [-0.2, 0) is 19.4 Å². The zero-order chi connectivity index (χ0) is 14.3. The van der Waals surface area contributed by atoms with Gasteiger partial charge in [0.25, 0.3) is 0 Å². The van der Waals surface area contributed by atoms with Gasteiger partial charge in [0.15, 0.2) is 9.84 Å². The number of hydrogen-bond acceptors (Lipinski definition) is 5. The van der Waals surface area contributed by atoms with Gasteiger partial charge in [-0.15, -0.1) is 0 Å². The third-order valence-electron chi connectivity index (χ3n) is 2.33. The lowest BCUT2D eigenvalue weighted by Crippen LogP contribution is -2.30. The van der Waals surface area contributed by atoms with E-state index in [0.717, 1.165) is 6.26 Å². The highest BCUT2D eigenvalue weighted by Crippen LogP contribution is 2.20. The minimum absolute atomic E-state index is 0.0987. The van der Waals surface area contributed by atoms with Crippen molar-refractivity contribution in [3.05, 3.63) is 24.3 Å². The van der Waals surface area contributed by atoms with Crippen LogP contribution in [0.3, 0.4) is 0 Å². The molecule has 0 saturated heterocycles. The molecule has 0 fully saturated rings. The Balaban J connectivity index is 2.65. The molecule has 0 aliphatic carbocycles. The molecule has 0 heterocycles. The third-order valence-corrected chi connectivity index (χ3v) is 3.48. The zero-order valence-corrected chi connectivity index (χ0v) is 11.8. The van der Waals surface area contributed by atoms with Gasteiger partial charge in [0.2, 0.25) is 5.91 Å². The average molecular weight is 286 g/mol. The molecule has 2 N–H and O–H groups in total. The SMILES string of the molecule is COCCNCC(=O)Nc1ccccc1S(C)(=O)=O. The summed E-state index contributed by atoms with van der Waals surface area (Å²) in [7, 11) is -1.79. The highest BCUT2D eigenvalue weighted by molar-refractivity contribution is 7.90. The molecule has 0 aliphatic heterocycles. The molecule has 1 aromatic carbocycles. The van der Waals surface area contributed by atoms with E-state index in [4.69, 9.17) is 4.74 Å².